The molecule has 2 unspecified atom stereocenters. The molecule has 6 rings (SSSR count). The molecular weight excluding hydrogens is 798 g/mol. The van der Waals surface area contributed by atoms with Crippen molar-refractivity contribution in [1.82, 2.24) is 20.4 Å². The summed E-state index contributed by atoms with van der Waals surface area (Å²) >= 11 is 0. The van der Waals surface area contributed by atoms with Gasteiger partial charge in [-0.2, -0.15) is 0 Å². The van der Waals surface area contributed by atoms with Crippen LogP contribution in [0.2, 0.25) is 0 Å². The molecule has 0 aliphatic carbocycles. The van der Waals surface area contributed by atoms with Crippen LogP contribution in [0, 0.1) is 17.7 Å². The lowest BCUT2D eigenvalue weighted by Crippen LogP contribution is -2.54. The van der Waals surface area contributed by atoms with Gasteiger partial charge in [0.05, 0.1) is 26.3 Å². The second-order valence-corrected chi connectivity index (χ2v) is 16.8. The van der Waals surface area contributed by atoms with Crippen LogP contribution in [0.3, 0.4) is 0 Å². The maximum absolute atomic E-state index is 14.2. The molecule has 4 N–H and O–H groups in total. The van der Waals surface area contributed by atoms with Crippen LogP contribution in [0.5, 0.6) is 0 Å². The summed E-state index contributed by atoms with van der Waals surface area (Å²) in [5.41, 5.74) is 4.00. The average Bonchev–Trinajstić information content (AvgIpc) is 4.06. The lowest BCUT2D eigenvalue weighted by Gasteiger charge is -2.33. The first-order valence-corrected chi connectivity index (χ1v) is 21.4. The van der Waals surface area contributed by atoms with E-state index in [1.807, 2.05) is 76.2 Å². The van der Waals surface area contributed by atoms with E-state index >= 15 is 0 Å². The number of nitrogens with one attached hydrogen (secondary N) is 4. The Balaban J connectivity index is 1.13. The Hall–Kier alpha value is -6.19. The second kappa shape index (κ2) is 20.1. The Morgan fingerprint density at radius 3 is 1.32 bits per heavy atom. The van der Waals surface area contributed by atoms with Gasteiger partial charge in [-0.1, -0.05) is 52.0 Å². The predicted octanol–water partition coefficient (Wildman–Crippen LogP) is 6.53. The largest absolute Gasteiger partial charge is 0.453 e. The Kier molecular flexibility index (Phi) is 14.7. The number of likely N-dealkylation sites (tertiary alicyclic amines) is 2. The second-order valence-electron chi connectivity index (χ2n) is 16.8. The quantitative estimate of drug-likeness (QED) is 0.149. The van der Waals surface area contributed by atoms with Crippen molar-refractivity contribution < 1.29 is 42.6 Å². The molecule has 0 saturated carbocycles. The van der Waals surface area contributed by atoms with Gasteiger partial charge < -0.3 is 45.4 Å². The zero-order valence-corrected chi connectivity index (χ0v) is 36.2. The molecule has 0 spiro atoms. The fourth-order valence-electron chi connectivity index (χ4n) is 8.83. The lowest BCUT2D eigenvalue weighted by atomic mass is 10.0. The summed E-state index contributed by atoms with van der Waals surface area (Å²) in [7, 11) is 2.47. The molecule has 3 aromatic carbocycles. The van der Waals surface area contributed by atoms with Crippen molar-refractivity contribution in [2.45, 2.75) is 102 Å². The summed E-state index contributed by atoms with van der Waals surface area (Å²) in [6, 6.07) is 18.5. The zero-order valence-electron chi connectivity index (χ0n) is 36.2. The van der Waals surface area contributed by atoms with Crippen molar-refractivity contribution in [3.05, 3.63) is 89.7 Å². The van der Waals surface area contributed by atoms with Gasteiger partial charge in [0.15, 0.2) is 0 Å². The van der Waals surface area contributed by atoms with Gasteiger partial charge >= 0.3 is 12.2 Å². The van der Waals surface area contributed by atoms with Crippen LogP contribution in [0.4, 0.5) is 31.0 Å². The van der Waals surface area contributed by atoms with Gasteiger partial charge in [-0.25, -0.2) is 14.0 Å². The van der Waals surface area contributed by atoms with Gasteiger partial charge in [0.2, 0.25) is 23.6 Å². The van der Waals surface area contributed by atoms with Crippen LogP contribution in [-0.2, 0) is 28.7 Å². The van der Waals surface area contributed by atoms with Gasteiger partial charge in [-0.05, 0) is 110 Å². The third-order valence-corrected chi connectivity index (χ3v) is 12.1. The number of carbonyl (C=O) groups excluding carboxylic acids is 6. The van der Waals surface area contributed by atoms with E-state index in [9.17, 15) is 33.2 Å². The molecule has 3 aliphatic heterocycles. The van der Waals surface area contributed by atoms with Crippen LogP contribution in [-0.4, -0.2) is 97.1 Å². The molecule has 3 saturated heterocycles. The highest BCUT2D eigenvalue weighted by Gasteiger charge is 2.41. The number of ether oxygens (including phenoxy) is 2. The minimum absolute atomic E-state index is 0.0814. The maximum Gasteiger partial charge on any atom is 0.407 e. The lowest BCUT2D eigenvalue weighted by molar-refractivity contribution is -0.139. The zero-order chi connectivity index (χ0) is 44.7. The number of amides is 6. The van der Waals surface area contributed by atoms with E-state index < -0.39 is 36.4 Å². The third-order valence-electron chi connectivity index (χ3n) is 12.1. The van der Waals surface area contributed by atoms with E-state index in [1.165, 1.54) is 36.2 Å². The van der Waals surface area contributed by atoms with E-state index in [2.05, 4.69) is 26.2 Å². The number of anilines is 3. The molecule has 3 aliphatic rings. The number of alkyl carbamates (subject to hydrolysis) is 2. The summed E-state index contributed by atoms with van der Waals surface area (Å²) in [5, 5.41) is 11.2. The Morgan fingerprint density at radius 2 is 0.968 bits per heavy atom. The topological polar surface area (TPSA) is 179 Å². The summed E-state index contributed by atoms with van der Waals surface area (Å²) in [6.07, 6.45) is 2.47. The van der Waals surface area contributed by atoms with E-state index in [-0.39, 0.29) is 53.4 Å². The van der Waals surface area contributed by atoms with E-state index in [0.29, 0.717) is 50.1 Å². The maximum atomic E-state index is 14.2. The number of hydrogen-bond acceptors (Lipinski definition) is 9. The van der Waals surface area contributed by atoms with Crippen molar-refractivity contribution >= 4 is 52.9 Å². The van der Waals surface area contributed by atoms with Crippen molar-refractivity contribution in [1.29, 1.82) is 0 Å². The van der Waals surface area contributed by atoms with Crippen molar-refractivity contribution in [3.63, 3.8) is 0 Å². The van der Waals surface area contributed by atoms with Crippen LogP contribution in [0.15, 0.2) is 72.8 Å². The van der Waals surface area contributed by atoms with Crippen molar-refractivity contribution in [2.24, 2.45) is 11.8 Å². The minimum atomic E-state index is -0.831. The number of nitrogens with zero attached hydrogens (tertiary/aromatic N) is 3. The first-order valence-electron chi connectivity index (χ1n) is 21.4. The standard InChI is InChI=1S/C46H58FN7O8/c1-27(2)39(50-45(59)61-5)43(57)52-25-7-9-37(52)41(55)48-32-17-11-29(12-18-32)35-23-24-36(54(35)34-21-15-31(47)16-22-34)30-13-19-33(20-14-30)49-42(56)38-10-8-26-53(38)44(58)40(28(3)4)51-46(60)62-6/h11-22,27-28,35-40H,7-10,23-26H2,1-6H3,(H,48,55)(H,49,56)(H,50,59)(H,51,60)/t35?,36?,37-,38-,39-,40-/m0/s1. The van der Waals surface area contributed by atoms with Gasteiger partial charge in [-0.3, -0.25) is 19.2 Å². The van der Waals surface area contributed by atoms with Gasteiger partial charge in [-0.15, -0.1) is 0 Å². The summed E-state index contributed by atoms with van der Waals surface area (Å²) in [6.45, 7) is 8.10. The van der Waals surface area contributed by atoms with Gasteiger partial charge in [0.25, 0.3) is 0 Å². The SMILES string of the molecule is COC(=O)N[C@H](C(=O)N1CCC[C@H]1C(=O)Nc1ccc(C2CCC(c3ccc(NC(=O)[C@@H]4CCCN4C(=O)[C@@H](NC(=O)OC)C(C)C)cc3)N2c2ccc(F)cc2)cc1)C(C)C. The third kappa shape index (κ3) is 10.3. The van der Waals surface area contributed by atoms with Crippen LogP contribution >= 0.6 is 0 Å². The molecule has 6 atom stereocenters. The normalized spacial score (nSPS) is 20.8. The van der Waals surface area contributed by atoms with Crippen LogP contribution in [0.1, 0.15) is 89.4 Å². The molecule has 3 aromatic rings. The highest BCUT2D eigenvalue weighted by Crippen LogP contribution is 2.47. The number of methoxy groups -OCH3 is 2. The summed E-state index contributed by atoms with van der Waals surface area (Å²) in [4.78, 5) is 83.4. The molecule has 0 aromatic heterocycles. The molecule has 16 heteroatoms. The molecule has 332 valence electrons. The number of rotatable bonds is 13. The van der Waals surface area contributed by atoms with Crippen molar-refractivity contribution in [3.8, 4) is 0 Å². The highest BCUT2D eigenvalue weighted by atomic mass is 19.1. The fourth-order valence-corrected chi connectivity index (χ4v) is 8.83. The van der Waals surface area contributed by atoms with E-state index in [1.54, 1.807) is 12.1 Å². The molecule has 3 heterocycles. The van der Waals surface area contributed by atoms with E-state index in [4.69, 9.17) is 9.47 Å². The average molecular weight is 856 g/mol. The molecule has 6 amide bonds. The number of carbonyl (C=O) groups is 6. The molecule has 62 heavy (non-hydrogen) atoms. The Labute approximate surface area is 362 Å². The smallest absolute Gasteiger partial charge is 0.407 e. The number of halogens is 1. The fraction of sp³-hybridized carbons (Fsp3) is 0.478. The van der Waals surface area contributed by atoms with Gasteiger partial charge in [0, 0.05) is 30.2 Å². The molecule has 0 bridgehead atoms. The number of benzene rings is 3. The number of hydrogen-bond donors (Lipinski definition) is 4. The molecule has 0 radical (unpaired) electrons. The molecule has 15 nitrogen and oxygen atoms in total. The van der Waals surface area contributed by atoms with E-state index in [0.717, 1.165) is 29.7 Å². The van der Waals surface area contributed by atoms with Crippen molar-refractivity contribution in [2.75, 3.05) is 42.8 Å². The van der Waals surface area contributed by atoms with Crippen LogP contribution in [0.25, 0.3) is 0 Å². The first kappa shape index (κ1) is 45.3. The highest BCUT2D eigenvalue weighted by molar-refractivity contribution is 5.99. The van der Waals surface area contributed by atoms with Crippen LogP contribution < -0.4 is 26.2 Å². The summed E-state index contributed by atoms with van der Waals surface area (Å²) in [5.74, 6) is -2.04. The van der Waals surface area contributed by atoms with Gasteiger partial charge in [0.1, 0.15) is 30.0 Å². The first-order chi connectivity index (χ1) is 29.7. The summed E-state index contributed by atoms with van der Waals surface area (Å²) < 4.78 is 23.6. The Morgan fingerprint density at radius 1 is 0.581 bits per heavy atom. The molecular formula is C46H58FN7O8. The monoisotopic (exact) mass is 855 g/mol. The minimum Gasteiger partial charge on any atom is -0.453 e. The predicted molar refractivity (Wildman–Crippen MR) is 232 cm³/mol. The Bertz CT molecular complexity index is 1960. The molecule has 3 fully saturated rings.